The van der Waals surface area contributed by atoms with Crippen LogP contribution in [0.25, 0.3) is 0 Å². The van der Waals surface area contributed by atoms with Gasteiger partial charge in [-0.2, -0.15) is 0 Å². The molecular weight excluding hydrogens is 400 g/mol. The van der Waals surface area contributed by atoms with Crippen molar-refractivity contribution in [3.8, 4) is 0 Å². The first kappa shape index (κ1) is 22.5. The molecule has 0 aromatic heterocycles. The zero-order valence-corrected chi connectivity index (χ0v) is 17.1. The first-order valence-electron chi connectivity index (χ1n) is 9.34. The van der Waals surface area contributed by atoms with E-state index in [9.17, 15) is 14.0 Å². The van der Waals surface area contributed by atoms with Gasteiger partial charge in [-0.25, -0.2) is 4.39 Å². The van der Waals surface area contributed by atoms with Crippen LogP contribution in [0.1, 0.15) is 46.4 Å². The third-order valence-electron chi connectivity index (χ3n) is 5.13. The highest BCUT2D eigenvalue weighted by atomic mass is 35.5. The molecule has 1 fully saturated rings. The van der Waals surface area contributed by atoms with Crippen molar-refractivity contribution in [1.82, 2.24) is 4.90 Å². The minimum Gasteiger partial charge on any atom is -0.303 e. The van der Waals surface area contributed by atoms with Crippen molar-refractivity contribution in [2.24, 2.45) is 5.92 Å². The summed E-state index contributed by atoms with van der Waals surface area (Å²) in [5.41, 5.74) is 1.28. The molecule has 2 aromatic rings. The van der Waals surface area contributed by atoms with Crippen LogP contribution >= 0.6 is 24.0 Å². The number of carbonyl (C=O) groups excluding carboxylic acids is 2. The second-order valence-electron chi connectivity index (χ2n) is 7.02. The minimum absolute atomic E-state index is 0. The SMILES string of the molecule is Cl.O=C(CCCN1CCC(C(=O)c2ccc(F)cc2)CC1)c1ccc(Cl)cc1. The van der Waals surface area contributed by atoms with E-state index in [-0.39, 0.29) is 35.7 Å². The Hall–Kier alpha value is -1.75. The van der Waals surface area contributed by atoms with Gasteiger partial charge in [-0.3, -0.25) is 9.59 Å². The molecule has 6 heteroatoms. The second-order valence-corrected chi connectivity index (χ2v) is 7.46. The molecule has 0 bridgehead atoms. The smallest absolute Gasteiger partial charge is 0.166 e. The molecule has 0 aliphatic carbocycles. The van der Waals surface area contributed by atoms with Gasteiger partial charge >= 0.3 is 0 Å². The van der Waals surface area contributed by atoms with Crippen LogP contribution in [0.2, 0.25) is 5.02 Å². The van der Waals surface area contributed by atoms with Crippen molar-refractivity contribution < 1.29 is 14.0 Å². The van der Waals surface area contributed by atoms with Gasteiger partial charge in [0.1, 0.15) is 5.82 Å². The van der Waals surface area contributed by atoms with E-state index in [0.717, 1.165) is 38.9 Å². The highest BCUT2D eigenvalue weighted by Crippen LogP contribution is 2.22. The normalized spacial score (nSPS) is 15.1. The van der Waals surface area contributed by atoms with E-state index in [2.05, 4.69) is 4.90 Å². The van der Waals surface area contributed by atoms with Gasteiger partial charge in [-0.05, 0) is 87.4 Å². The number of halogens is 3. The molecule has 0 saturated carbocycles. The number of hydrogen-bond acceptors (Lipinski definition) is 3. The fraction of sp³-hybridized carbons (Fsp3) is 0.364. The van der Waals surface area contributed by atoms with Crippen molar-refractivity contribution in [2.75, 3.05) is 19.6 Å². The van der Waals surface area contributed by atoms with Crippen LogP contribution < -0.4 is 0 Å². The summed E-state index contributed by atoms with van der Waals surface area (Å²) in [6.45, 7) is 2.57. The van der Waals surface area contributed by atoms with Gasteiger partial charge in [0.25, 0.3) is 0 Å². The molecule has 0 unspecified atom stereocenters. The van der Waals surface area contributed by atoms with E-state index >= 15 is 0 Å². The number of carbonyl (C=O) groups is 2. The van der Waals surface area contributed by atoms with E-state index in [1.165, 1.54) is 12.1 Å². The van der Waals surface area contributed by atoms with Crippen LogP contribution in [0.3, 0.4) is 0 Å². The average molecular weight is 424 g/mol. The van der Waals surface area contributed by atoms with E-state index in [1.54, 1.807) is 36.4 Å². The Labute approximate surface area is 176 Å². The average Bonchev–Trinajstić information content (AvgIpc) is 2.69. The quantitative estimate of drug-likeness (QED) is 0.554. The molecule has 0 spiro atoms. The largest absolute Gasteiger partial charge is 0.303 e. The van der Waals surface area contributed by atoms with Crippen LogP contribution in [-0.4, -0.2) is 36.1 Å². The van der Waals surface area contributed by atoms with Crippen LogP contribution in [0.5, 0.6) is 0 Å². The standard InChI is InChI=1S/C22H23ClFNO2.ClH/c23-19-7-3-16(4-8-19)21(26)2-1-13-25-14-11-18(12-15-25)22(27)17-5-9-20(24)10-6-17;/h3-10,18H,1-2,11-15H2;1H. The number of hydrogen-bond donors (Lipinski definition) is 0. The van der Waals surface area contributed by atoms with Crippen molar-refractivity contribution in [3.05, 3.63) is 70.5 Å². The first-order chi connectivity index (χ1) is 13.0. The molecule has 28 heavy (non-hydrogen) atoms. The molecule has 0 N–H and O–H groups in total. The summed E-state index contributed by atoms with van der Waals surface area (Å²) in [6, 6.07) is 12.8. The summed E-state index contributed by atoms with van der Waals surface area (Å²) >= 11 is 5.84. The van der Waals surface area contributed by atoms with Crippen LogP contribution in [0, 0.1) is 11.7 Å². The summed E-state index contributed by atoms with van der Waals surface area (Å²) in [5, 5.41) is 0.629. The number of Topliss-reactive ketones (excluding diaryl/α,β-unsaturated/α-hetero) is 2. The molecule has 1 saturated heterocycles. The van der Waals surface area contributed by atoms with E-state index < -0.39 is 0 Å². The Bertz CT molecular complexity index is 782. The second kappa shape index (κ2) is 10.7. The number of likely N-dealkylation sites (tertiary alicyclic amines) is 1. The fourth-order valence-electron chi connectivity index (χ4n) is 3.51. The van der Waals surface area contributed by atoms with Crippen LogP contribution in [-0.2, 0) is 0 Å². The Morgan fingerprint density at radius 2 is 1.54 bits per heavy atom. The third kappa shape index (κ3) is 6.13. The lowest BCUT2D eigenvalue weighted by atomic mass is 9.89. The molecule has 2 aromatic carbocycles. The molecule has 0 atom stereocenters. The minimum atomic E-state index is -0.325. The molecule has 1 aliphatic heterocycles. The molecule has 3 rings (SSSR count). The maximum atomic E-state index is 13.0. The predicted octanol–water partition coefficient (Wildman–Crippen LogP) is 5.46. The van der Waals surface area contributed by atoms with Crippen molar-refractivity contribution >= 4 is 35.6 Å². The van der Waals surface area contributed by atoms with E-state index in [0.29, 0.717) is 22.6 Å². The van der Waals surface area contributed by atoms with Gasteiger partial charge in [0.05, 0.1) is 0 Å². The molecule has 1 aliphatic rings. The van der Waals surface area contributed by atoms with Gasteiger partial charge in [0, 0.05) is 28.5 Å². The lowest BCUT2D eigenvalue weighted by Crippen LogP contribution is -2.37. The molecule has 3 nitrogen and oxygen atoms in total. The number of nitrogens with zero attached hydrogens (tertiary/aromatic N) is 1. The maximum Gasteiger partial charge on any atom is 0.166 e. The summed E-state index contributed by atoms with van der Waals surface area (Å²) in [6.07, 6.45) is 2.93. The van der Waals surface area contributed by atoms with Crippen molar-refractivity contribution in [1.29, 1.82) is 0 Å². The lowest BCUT2D eigenvalue weighted by Gasteiger charge is -2.31. The predicted molar refractivity (Wildman–Crippen MR) is 112 cm³/mol. The van der Waals surface area contributed by atoms with Gasteiger partial charge in [-0.15, -0.1) is 12.4 Å². The summed E-state index contributed by atoms with van der Waals surface area (Å²) < 4.78 is 13.0. The molecule has 150 valence electrons. The van der Waals surface area contributed by atoms with Crippen molar-refractivity contribution in [2.45, 2.75) is 25.7 Å². The first-order valence-corrected chi connectivity index (χ1v) is 9.71. The lowest BCUT2D eigenvalue weighted by molar-refractivity contribution is 0.0837. The Kier molecular flexibility index (Phi) is 8.61. The summed E-state index contributed by atoms with van der Waals surface area (Å²) in [7, 11) is 0. The summed E-state index contributed by atoms with van der Waals surface area (Å²) in [5.74, 6) is -0.0856. The third-order valence-corrected chi connectivity index (χ3v) is 5.38. The molecule has 0 amide bonds. The van der Waals surface area contributed by atoms with Gasteiger partial charge < -0.3 is 4.90 Å². The monoisotopic (exact) mass is 423 g/mol. The van der Waals surface area contributed by atoms with Gasteiger partial charge in [-0.1, -0.05) is 11.6 Å². The number of benzene rings is 2. The Morgan fingerprint density at radius 1 is 0.964 bits per heavy atom. The van der Waals surface area contributed by atoms with E-state index in [4.69, 9.17) is 11.6 Å². The van der Waals surface area contributed by atoms with Gasteiger partial charge in [0.2, 0.25) is 0 Å². The highest BCUT2D eigenvalue weighted by Gasteiger charge is 2.25. The summed E-state index contributed by atoms with van der Waals surface area (Å²) in [4.78, 5) is 27.0. The molecule has 1 heterocycles. The number of rotatable bonds is 7. The Balaban J connectivity index is 0.00000280. The fourth-order valence-corrected chi connectivity index (χ4v) is 3.64. The zero-order valence-electron chi connectivity index (χ0n) is 15.6. The van der Waals surface area contributed by atoms with Crippen LogP contribution in [0.15, 0.2) is 48.5 Å². The molecule has 0 radical (unpaired) electrons. The van der Waals surface area contributed by atoms with Crippen LogP contribution in [0.4, 0.5) is 4.39 Å². The van der Waals surface area contributed by atoms with E-state index in [1.807, 2.05) is 0 Å². The zero-order chi connectivity index (χ0) is 19.2. The van der Waals surface area contributed by atoms with Crippen molar-refractivity contribution in [3.63, 3.8) is 0 Å². The number of ketones is 2. The van der Waals surface area contributed by atoms with Gasteiger partial charge in [0.15, 0.2) is 11.6 Å². The maximum absolute atomic E-state index is 13.0. The number of piperidine rings is 1. The highest BCUT2D eigenvalue weighted by molar-refractivity contribution is 6.30. The Morgan fingerprint density at radius 3 is 2.14 bits per heavy atom. The topological polar surface area (TPSA) is 37.4 Å². The molecular formula is C22H24Cl2FNO2.